The average molecular weight is 369 g/mol. The first-order valence-corrected chi connectivity index (χ1v) is 8.09. The van der Waals surface area contributed by atoms with Crippen molar-refractivity contribution in [3.63, 3.8) is 0 Å². The smallest absolute Gasteiger partial charge is 0.155 e. The highest BCUT2D eigenvalue weighted by Crippen LogP contribution is 2.31. The van der Waals surface area contributed by atoms with Gasteiger partial charge in [-0.3, -0.25) is 0 Å². The molecule has 0 spiro atoms. The van der Waals surface area contributed by atoms with Gasteiger partial charge >= 0.3 is 0 Å². The van der Waals surface area contributed by atoms with E-state index in [1.807, 2.05) is 31.2 Å². The number of nitrogen functional groups attached to an aromatic ring is 1. The molecule has 0 radical (unpaired) electrons. The lowest BCUT2D eigenvalue weighted by atomic mass is 10.2. The lowest BCUT2D eigenvalue weighted by Crippen LogP contribution is -2.22. The Kier molecular flexibility index (Phi) is 4.73. The van der Waals surface area contributed by atoms with Crippen LogP contribution in [0.25, 0.3) is 5.69 Å². The van der Waals surface area contributed by atoms with Gasteiger partial charge < -0.3 is 15.6 Å². The maximum atomic E-state index is 11.2. The first kappa shape index (κ1) is 17.6. The Balaban J connectivity index is 2.00. The van der Waals surface area contributed by atoms with E-state index in [1.165, 1.54) is 18.2 Å². The number of anilines is 1. The molecule has 7 nitrogen and oxygen atoms in total. The molecule has 3 rings (SSSR count). The number of nitrogens with two attached hydrogens (primary N) is 1. The predicted octanol–water partition coefficient (Wildman–Crippen LogP) is 3.50. The summed E-state index contributed by atoms with van der Waals surface area (Å²) >= 11 is 5.81. The Labute approximate surface area is 154 Å². The van der Waals surface area contributed by atoms with Gasteiger partial charge in [0.1, 0.15) is 0 Å². The molecule has 1 aromatic heterocycles. The van der Waals surface area contributed by atoms with Gasteiger partial charge in [0.05, 0.1) is 23.0 Å². The molecule has 0 atom stereocenters. The van der Waals surface area contributed by atoms with Gasteiger partial charge in [-0.1, -0.05) is 29.3 Å². The predicted molar refractivity (Wildman–Crippen MR) is 97.4 cm³/mol. The zero-order valence-corrected chi connectivity index (χ0v) is 14.9. The largest absolute Gasteiger partial charge is 0.545 e. The molecule has 26 heavy (non-hydrogen) atoms. The van der Waals surface area contributed by atoms with Gasteiger partial charge in [0.2, 0.25) is 0 Å². The number of aryl methyl sites for hydroxylation is 2. The van der Waals surface area contributed by atoms with E-state index < -0.39 is 5.97 Å². The lowest BCUT2D eigenvalue weighted by Gasteiger charge is -2.06. The zero-order chi connectivity index (χ0) is 18.8. The number of azo groups is 1. The molecule has 0 unspecified atom stereocenters. The Morgan fingerprint density at radius 3 is 2.50 bits per heavy atom. The van der Waals surface area contributed by atoms with Crippen LogP contribution in [0.1, 0.15) is 21.6 Å². The topological polar surface area (TPSA) is 109 Å². The number of aromatic carboxylic acids is 1. The van der Waals surface area contributed by atoms with Gasteiger partial charge in [-0.25, -0.2) is 4.68 Å². The molecule has 0 saturated heterocycles. The van der Waals surface area contributed by atoms with Crippen LogP contribution >= 0.6 is 11.6 Å². The molecular weight excluding hydrogens is 354 g/mol. The highest BCUT2D eigenvalue weighted by Gasteiger charge is 2.14. The molecule has 3 aromatic rings. The number of carboxylic acids is 1. The third kappa shape index (κ3) is 3.43. The van der Waals surface area contributed by atoms with Crippen LogP contribution in [0.3, 0.4) is 0 Å². The summed E-state index contributed by atoms with van der Waals surface area (Å²) in [7, 11) is 0. The minimum atomic E-state index is -1.39. The summed E-state index contributed by atoms with van der Waals surface area (Å²) in [5.41, 5.74) is 8.97. The number of nitrogens with zero attached hydrogens (tertiary/aromatic N) is 4. The molecule has 0 bridgehead atoms. The molecule has 0 saturated carbocycles. The van der Waals surface area contributed by atoms with Crippen molar-refractivity contribution in [1.29, 1.82) is 0 Å². The monoisotopic (exact) mass is 368 g/mol. The Morgan fingerprint density at radius 2 is 1.85 bits per heavy atom. The van der Waals surface area contributed by atoms with E-state index in [1.54, 1.807) is 11.6 Å². The van der Waals surface area contributed by atoms with E-state index in [0.29, 0.717) is 17.2 Å². The van der Waals surface area contributed by atoms with E-state index in [4.69, 9.17) is 17.3 Å². The molecule has 2 aromatic carbocycles. The Bertz CT molecular complexity index is 1010. The maximum Gasteiger partial charge on any atom is 0.155 e. The van der Waals surface area contributed by atoms with Crippen LogP contribution in [0.15, 0.2) is 52.7 Å². The van der Waals surface area contributed by atoms with Gasteiger partial charge in [-0.05, 0) is 44.2 Å². The molecule has 0 aliphatic carbocycles. The average Bonchev–Trinajstić information content (AvgIpc) is 2.89. The zero-order valence-electron chi connectivity index (χ0n) is 14.1. The fourth-order valence-electron chi connectivity index (χ4n) is 2.41. The second-order valence-corrected chi connectivity index (χ2v) is 6.15. The van der Waals surface area contributed by atoms with E-state index in [0.717, 1.165) is 11.3 Å². The van der Waals surface area contributed by atoms with Crippen molar-refractivity contribution < 1.29 is 9.90 Å². The van der Waals surface area contributed by atoms with Crippen LogP contribution in [0, 0.1) is 13.8 Å². The van der Waals surface area contributed by atoms with Crippen LogP contribution in [0.5, 0.6) is 0 Å². The van der Waals surface area contributed by atoms with Crippen LogP contribution in [0.2, 0.25) is 5.02 Å². The molecule has 132 valence electrons. The third-order valence-electron chi connectivity index (χ3n) is 3.78. The van der Waals surface area contributed by atoms with E-state index in [-0.39, 0.29) is 16.3 Å². The number of hydrogen-bond acceptors (Lipinski definition) is 6. The fraction of sp³-hybridized carbons (Fsp3) is 0.111. The highest BCUT2D eigenvalue weighted by molar-refractivity contribution is 6.31. The quantitative estimate of drug-likeness (QED) is 0.710. The van der Waals surface area contributed by atoms with E-state index in [9.17, 15) is 9.90 Å². The number of carboxylic acid groups (broad SMARTS) is 1. The number of carbonyl (C=O) groups is 1. The Hall–Kier alpha value is -3.19. The van der Waals surface area contributed by atoms with Crippen LogP contribution < -0.4 is 10.8 Å². The summed E-state index contributed by atoms with van der Waals surface area (Å²) in [6.45, 7) is 3.74. The van der Waals surface area contributed by atoms with Crippen molar-refractivity contribution in [1.82, 2.24) is 9.78 Å². The normalized spacial score (nSPS) is 11.2. The second-order valence-electron chi connectivity index (χ2n) is 5.72. The van der Waals surface area contributed by atoms with Crippen LogP contribution in [-0.4, -0.2) is 15.7 Å². The van der Waals surface area contributed by atoms with Gasteiger partial charge in [0.25, 0.3) is 0 Å². The first-order chi connectivity index (χ1) is 12.4. The Morgan fingerprint density at radius 1 is 1.15 bits per heavy atom. The minimum absolute atomic E-state index is 0.122. The van der Waals surface area contributed by atoms with Crippen molar-refractivity contribution in [3.8, 4) is 5.69 Å². The summed E-state index contributed by atoms with van der Waals surface area (Å²) in [5.74, 6) is -1.08. The van der Waals surface area contributed by atoms with E-state index in [2.05, 4.69) is 15.3 Å². The van der Waals surface area contributed by atoms with Crippen molar-refractivity contribution in [2.75, 3.05) is 5.73 Å². The maximum absolute atomic E-state index is 11.2. The number of aromatic nitrogens is 2. The molecule has 0 amide bonds. The summed E-state index contributed by atoms with van der Waals surface area (Å²) in [4.78, 5) is 11.2. The van der Waals surface area contributed by atoms with Crippen molar-refractivity contribution in [2.24, 2.45) is 10.2 Å². The lowest BCUT2D eigenvalue weighted by molar-refractivity contribution is -0.254. The SMILES string of the molecule is Cc1ccc(-n2nc(C)c(N=Nc3ccc(Cl)cc3C(=O)[O-])c2N)cc1. The molecule has 0 aliphatic heterocycles. The van der Waals surface area contributed by atoms with Gasteiger partial charge in [0.15, 0.2) is 11.5 Å². The van der Waals surface area contributed by atoms with Gasteiger partial charge in [-0.2, -0.15) is 5.10 Å². The third-order valence-corrected chi connectivity index (χ3v) is 4.01. The van der Waals surface area contributed by atoms with Crippen LogP contribution in [0.4, 0.5) is 17.2 Å². The molecule has 0 fully saturated rings. The molecule has 2 N–H and O–H groups in total. The number of halogens is 1. The first-order valence-electron chi connectivity index (χ1n) is 7.71. The van der Waals surface area contributed by atoms with Crippen molar-refractivity contribution in [2.45, 2.75) is 13.8 Å². The van der Waals surface area contributed by atoms with Gasteiger partial charge in [0, 0.05) is 10.6 Å². The van der Waals surface area contributed by atoms with Crippen molar-refractivity contribution >= 4 is 34.8 Å². The standard InChI is InChI=1S/C18H16ClN5O2/c1-10-3-6-13(7-4-10)24-17(20)16(11(2)23-24)22-21-15-8-5-12(19)9-14(15)18(25)26/h3-9H,20H2,1-2H3,(H,25,26)/p-1. The van der Waals surface area contributed by atoms with Crippen molar-refractivity contribution in [3.05, 3.63) is 64.3 Å². The minimum Gasteiger partial charge on any atom is -0.545 e. The molecule has 0 aliphatic rings. The fourth-order valence-corrected chi connectivity index (χ4v) is 2.58. The number of carbonyl (C=O) groups excluding carboxylic acids is 1. The van der Waals surface area contributed by atoms with Crippen LogP contribution in [-0.2, 0) is 0 Å². The summed E-state index contributed by atoms with van der Waals surface area (Å²) in [6.07, 6.45) is 0. The molecule has 1 heterocycles. The molecule has 8 heteroatoms. The number of hydrogen-bond donors (Lipinski definition) is 1. The number of rotatable bonds is 4. The highest BCUT2D eigenvalue weighted by atomic mass is 35.5. The summed E-state index contributed by atoms with van der Waals surface area (Å²) in [6, 6.07) is 11.9. The molecular formula is C18H15ClN5O2-. The second kappa shape index (κ2) is 6.97. The van der Waals surface area contributed by atoms with E-state index >= 15 is 0 Å². The number of benzene rings is 2. The summed E-state index contributed by atoms with van der Waals surface area (Å²) < 4.78 is 1.56. The van der Waals surface area contributed by atoms with Gasteiger partial charge in [-0.15, -0.1) is 10.2 Å². The summed E-state index contributed by atoms with van der Waals surface area (Å²) in [5, 5.41) is 24.0.